The summed E-state index contributed by atoms with van der Waals surface area (Å²) in [5.41, 5.74) is -0.0237. The monoisotopic (exact) mass is 361 g/mol. The molecule has 130 valence electrons. The Morgan fingerprint density at radius 1 is 1.48 bits per heavy atom. The maximum Gasteiger partial charge on any atom is 0.319 e. The third-order valence-corrected chi connectivity index (χ3v) is 4.64. The number of nitro groups is 1. The predicted molar refractivity (Wildman–Crippen MR) is 90.3 cm³/mol. The van der Waals surface area contributed by atoms with E-state index in [0.717, 1.165) is 7.11 Å². The van der Waals surface area contributed by atoms with Gasteiger partial charge in [-0.1, -0.05) is 25.1 Å². The second-order valence-electron chi connectivity index (χ2n) is 5.07. The molecule has 8 nitrogen and oxygen atoms in total. The predicted octanol–water partition coefficient (Wildman–Crippen LogP) is 2.09. The standard InChI is InChI=1S/C16H15N3O5S/c1-3-25-15-10(8-17)12(13(14(20)18-15)16(21)24-2)9-6-4-5-7-11(9)19(22)23/h4-7,12-13H,3H2,1-2H3,(H,18,20)/t12-,13-/m0/s1. The van der Waals surface area contributed by atoms with Gasteiger partial charge in [-0.3, -0.25) is 19.7 Å². The average molecular weight is 361 g/mol. The van der Waals surface area contributed by atoms with E-state index in [2.05, 4.69) is 5.32 Å². The maximum atomic E-state index is 12.5. The molecule has 0 saturated heterocycles. The normalized spacial score (nSPS) is 19.8. The van der Waals surface area contributed by atoms with E-state index in [4.69, 9.17) is 4.74 Å². The number of carbonyl (C=O) groups is 2. The summed E-state index contributed by atoms with van der Waals surface area (Å²) in [5, 5.41) is 23.8. The summed E-state index contributed by atoms with van der Waals surface area (Å²) < 4.78 is 4.69. The third kappa shape index (κ3) is 3.49. The molecule has 0 saturated carbocycles. The summed E-state index contributed by atoms with van der Waals surface area (Å²) in [6, 6.07) is 7.76. The van der Waals surface area contributed by atoms with Gasteiger partial charge in [-0.15, -0.1) is 11.8 Å². The number of nitrogens with one attached hydrogen (secondary N) is 1. The molecule has 1 aliphatic heterocycles. The Kier molecular flexibility index (Phi) is 5.77. The number of nitriles is 1. The molecule has 1 N–H and O–H groups in total. The molecule has 0 bridgehead atoms. The van der Waals surface area contributed by atoms with E-state index in [1.165, 1.54) is 30.0 Å². The van der Waals surface area contributed by atoms with E-state index in [0.29, 0.717) is 10.8 Å². The molecular weight excluding hydrogens is 346 g/mol. The number of ether oxygens (including phenoxy) is 1. The molecule has 0 radical (unpaired) electrons. The Morgan fingerprint density at radius 2 is 2.16 bits per heavy atom. The van der Waals surface area contributed by atoms with Gasteiger partial charge in [0.15, 0.2) is 0 Å². The Bertz CT molecular complexity index is 799. The summed E-state index contributed by atoms with van der Waals surface area (Å²) in [5.74, 6) is -3.38. The number of para-hydroxylation sites is 1. The van der Waals surface area contributed by atoms with Gasteiger partial charge in [0, 0.05) is 11.6 Å². The van der Waals surface area contributed by atoms with E-state index in [1.807, 2.05) is 13.0 Å². The number of hydrogen-bond acceptors (Lipinski definition) is 7. The second-order valence-corrected chi connectivity index (χ2v) is 6.35. The Hall–Kier alpha value is -2.86. The average Bonchev–Trinajstić information content (AvgIpc) is 2.60. The van der Waals surface area contributed by atoms with Crippen LogP contribution in [-0.2, 0) is 14.3 Å². The summed E-state index contributed by atoms with van der Waals surface area (Å²) in [6.07, 6.45) is 0. The number of amides is 1. The van der Waals surface area contributed by atoms with Crippen molar-refractivity contribution in [1.29, 1.82) is 5.26 Å². The van der Waals surface area contributed by atoms with Gasteiger partial charge in [0.05, 0.1) is 34.6 Å². The van der Waals surface area contributed by atoms with Crippen LogP contribution in [0.4, 0.5) is 5.69 Å². The zero-order valence-corrected chi connectivity index (χ0v) is 14.3. The lowest BCUT2D eigenvalue weighted by molar-refractivity contribution is -0.385. The third-order valence-electron chi connectivity index (χ3n) is 3.74. The minimum absolute atomic E-state index is 0.108. The van der Waals surface area contributed by atoms with Crippen LogP contribution in [-0.4, -0.2) is 29.7 Å². The zero-order valence-electron chi connectivity index (χ0n) is 13.5. The first-order chi connectivity index (χ1) is 12.0. The van der Waals surface area contributed by atoms with Crippen LogP contribution in [0.1, 0.15) is 18.4 Å². The van der Waals surface area contributed by atoms with Gasteiger partial charge in [-0.2, -0.15) is 5.26 Å². The molecular formula is C16H15N3O5S. The molecule has 2 rings (SSSR count). The van der Waals surface area contributed by atoms with Crippen LogP contribution in [0, 0.1) is 27.4 Å². The van der Waals surface area contributed by atoms with Crippen molar-refractivity contribution in [3.63, 3.8) is 0 Å². The fourth-order valence-corrected chi connectivity index (χ4v) is 3.51. The summed E-state index contributed by atoms with van der Waals surface area (Å²) >= 11 is 1.23. The minimum Gasteiger partial charge on any atom is -0.468 e. The first kappa shape index (κ1) is 18.5. The van der Waals surface area contributed by atoms with Crippen LogP contribution < -0.4 is 5.32 Å². The van der Waals surface area contributed by atoms with E-state index < -0.39 is 28.6 Å². The van der Waals surface area contributed by atoms with Crippen molar-refractivity contribution in [2.45, 2.75) is 12.8 Å². The molecule has 0 fully saturated rings. The van der Waals surface area contributed by atoms with Crippen molar-refractivity contribution in [3.8, 4) is 6.07 Å². The number of nitro benzene ring substituents is 1. The Balaban J connectivity index is 2.75. The fourth-order valence-electron chi connectivity index (χ4n) is 2.72. The number of esters is 1. The molecule has 9 heteroatoms. The van der Waals surface area contributed by atoms with Crippen molar-refractivity contribution >= 4 is 29.3 Å². The molecule has 1 aromatic carbocycles. The Labute approximate surface area is 148 Å². The molecule has 0 aliphatic carbocycles. The summed E-state index contributed by atoms with van der Waals surface area (Å²) in [6.45, 7) is 1.84. The number of methoxy groups -OCH3 is 1. The van der Waals surface area contributed by atoms with Crippen LogP contribution in [0.3, 0.4) is 0 Å². The zero-order chi connectivity index (χ0) is 18.6. The lowest BCUT2D eigenvalue weighted by Gasteiger charge is -2.30. The number of nitrogens with zero attached hydrogens (tertiary/aromatic N) is 2. The van der Waals surface area contributed by atoms with E-state index in [1.54, 1.807) is 6.07 Å². The van der Waals surface area contributed by atoms with Crippen LogP contribution >= 0.6 is 11.8 Å². The van der Waals surface area contributed by atoms with Crippen LogP contribution in [0.5, 0.6) is 0 Å². The van der Waals surface area contributed by atoms with Crippen LogP contribution in [0.2, 0.25) is 0 Å². The number of hydrogen-bond donors (Lipinski definition) is 1. The van der Waals surface area contributed by atoms with Crippen molar-refractivity contribution < 1.29 is 19.2 Å². The molecule has 0 unspecified atom stereocenters. The quantitative estimate of drug-likeness (QED) is 0.369. The minimum atomic E-state index is -1.37. The molecule has 25 heavy (non-hydrogen) atoms. The smallest absolute Gasteiger partial charge is 0.319 e. The molecule has 1 aliphatic rings. The molecule has 1 heterocycles. The Morgan fingerprint density at radius 3 is 2.72 bits per heavy atom. The van der Waals surface area contributed by atoms with Gasteiger partial charge in [-0.05, 0) is 5.75 Å². The van der Waals surface area contributed by atoms with Gasteiger partial charge in [0.2, 0.25) is 5.91 Å². The van der Waals surface area contributed by atoms with Gasteiger partial charge in [0.1, 0.15) is 5.92 Å². The summed E-state index contributed by atoms with van der Waals surface area (Å²) in [4.78, 5) is 35.4. The second kappa shape index (κ2) is 7.81. The fraction of sp³-hybridized carbons (Fsp3) is 0.312. The SMILES string of the molecule is CCSC1=C(C#N)[C@H](c2ccccc2[N+](=O)[O-])[C@H](C(=O)OC)C(=O)N1. The lowest BCUT2D eigenvalue weighted by Crippen LogP contribution is -2.44. The molecule has 2 atom stereocenters. The van der Waals surface area contributed by atoms with Gasteiger partial charge in [0.25, 0.3) is 5.69 Å². The van der Waals surface area contributed by atoms with Crippen LogP contribution in [0.25, 0.3) is 0 Å². The first-order valence-corrected chi connectivity index (χ1v) is 8.33. The van der Waals surface area contributed by atoms with Gasteiger partial charge in [-0.25, -0.2) is 0 Å². The lowest BCUT2D eigenvalue weighted by atomic mass is 9.78. The van der Waals surface area contributed by atoms with Crippen molar-refractivity contribution in [1.82, 2.24) is 5.32 Å². The largest absolute Gasteiger partial charge is 0.468 e. The van der Waals surface area contributed by atoms with Gasteiger partial charge < -0.3 is 10.1 Å². The van der Waals surface area contributed by atoms with E-state index >= 15 is 0 Å². The first-order valence-electron chi connectivity index (χ1n) is 7.35. The maximum absolute atomic E-state index is 12.5. The number of rotatable bonds is 5. The molecule has 1 amide bonds. The van der Waals surface area contributed by atoms with Crippen molar-refractivity contribution in [3.05, 3.63) is 50.5 Å². The number of thioether (sulfide) groups is 1. The van der Waals surface area contributed by atoms with E-state index in [9.17, 15) is 25.0 Å². The van der Waals surface area contributed by atoms with E-state index in [-0.39, 0.29) is 16.8 Å². The highest BCUT2D eigenvalue weighted by Gasteiger charge is 2.46. The topological polar surface area (TPSA) is 122 Å². The molecule has 1 aromatic rings. The van der Waals surface area contributed by atoms with Crippen molar-refractivity contribution in [2.75, 3.05) is 12.9 Å². The number of carbonyl (C=O) groups excluding carboxylic acids is 2. The van der Waals surface area contributed by atoms with Gasteiger partial charge >= 0.3 is 5.97 Å². The number of allylic oxidation sites excluding steroid dienone is 1. The highest BCUT2D eigenvalue weighted by atomic mass is 32.2. The highest BCUT2D eigenvalue weighted by molar-refractivity contribution is 8.03. The molecule has 0 aromatic heterocycles. The highest BCUT2D eigenvalue weighted by Crippen LogP contribution is 2.42. The summed E-state index contributed by atoms with van der Waals surface area (Å²) in [7, 11) is 1.12. The molecule has 0 spiro atoms. The van der Waals surface area contributed by atoms with Crippen LogP contribution in [0.15, 0.2) is 34.9 Å². The van der Waals surface area contributed by atoms with Crippen molar-refractivity contribution in [2.24, 2.45) is 5.92 Å². The number of benzene rings is 1.